The van der Waals surface area contributed by atoms with Gasteiger partial charge in [-0.3, -0.25) is 0 Å². The number of rotatable bonds is 0. The van der Waals surface area contributed by atoms with Gasteiger partial charge in [0, 0.05) is 12.9 Å². The Labute approximate surface area is 89.0 Å². The summed E-state index contributed by atoms with van der Waals surface area (Å²) >= 11 is 0. The van der Waals surface area contributed by atoms with E-state index in [-0.39, 0.29) is 19.5 Å². The molecule has 0 radical (unpaired) electrons. The molecule has 0 saturated carbocycles. The Bertz CT molecular complexity index is 146. The third-order valence-corrected chi connectivity index (χ3v) is 0.667. The SMILES string of the molecule is O=C[O-].O=C[O-].[Zn+2].c1ccccc1. The summed E-state index contributed by atoms with van der Waals surface area (Å²) in [7, 11) is 0. The van der Waals surface area contributed by atoms with Crippen LogP contribution < -0.4 is 10.2 Å². The van der Waals surface area contributed by atoms with Gasteiger partial charge in [-0.2, -0.15) is 0 Å². The van der Waals surface area contributed by atoms with Gasteiger partial charge in [-0.05, 0) is 0 Å². The molecule has 0 fully saturated rings. The minimum Gasteiger partial charge on any atom is -0.554 e. The first-order valence-corrected chi connectivity index (χ1v) is 2.94. The summed E-state index contributed by atoms with van der Waals surface area (Å²) in [6.45, 7) is -1.00. The zero-order valence-corrected chi connectivity index (χ0v) is 9.93. The maximum atomic E-state index is 8.25. The summed E-state index contributed by atoms with van der Waals surface area (Å²) < 4.78 is 0. The van der Waals surface area contributed by atoms with Crippen molar-refractivity contribution >= 4 is 12.9 Å². The Hall–Kier alpha value is -1.22. The van der Waals surface area contributed by atoms with E-state index in [4.69, 9.17) is 19.8 Å². The number of carboxylic acid groups (broad SMARTS) is 2. The second-order valence-electron chi connectivity index (χ2n) is 1.35. The molecule has 0 atom stereocenters. The van der Waals surface area contributed by atoms with E-state index >= 15 is 0 Å². The number of benzene rings is 1. The summed E-state index contributed by atoms with van der Waals surface area (Å²) in [5.41, 5.74) is 0. The molecule has 0 aromatic heterocycles. The predicted octanol–water partition coefficient (Wildman–Crippen LogP) is -1.58. The normalized spacial score (nSPS) is 5.54. The van der Waals surface area contributed by atoms with Gasteiger partial charge in [0.05, 0.1) is 0 Å². The van der Waals surface area contributed by atoms with E-state index in [0.717, 1.165) is 0 Å². The maximum absolute atomic E-state index is 8.25. The molecule has 0 heterocycles. The molecule has 0 saturated heterocycles. The van der Waals surface area contributed by atoms with Crippen LogP contribution in [0.1, 0.15) is 0 Å². The minimum absolute atomic E-state index is 0. The average molecular weight is 234 g/mol. The first-order valence-electron chi connectivity index (χ1n) is 2.94. The van der Waals surface area contributed by atoms with E-state index < -0.39 is 12.9 Å². The van der Waals surface area contributed by atoms with Crippen LogP contribution in [-0.4, -0.2) is 12.9 Å². The number of carbonyl (C=O) groups excluding carboxylic acids is 2. The van der Waals surface area contributed by atoms with Gasteiger partial charge in [-0.15, -0.1) is 0 Å². The predicted molar refractivity (Wildman–Crippen MR) is 38.6 cm³/mol. The third kappa shape index (κ3) is 36.4. The molecule has 66 valence electrons. The zero-order chi connectivity index (χ0) is 9.66. The molecule has 0 N–H and O–H groups in total. The topological polar surface area (TPSA) is 80.3 Å². The van der Waals surface area contributed by atoms with Gasteiger partial charge in [0.1, 0.15) is 0 Å². The number of hydrogen-bond donors (Lipinski definition) is 0. The van der Waals surface area contributed by atoms with Crippen molar-refractivity contribution in [3.63, 3.8) is 0 Å². The molecule has 0 aliphatic heterocycles. The van der Waals surface area contributed by atoms with Crippen molar-refractivity contribution in [1.82, 2.24) is 0 Å². The van der Waals surface area contributed by atoms with Gasteiger partial charge in [-0.25, -0.2) is 0 Å². The van der Waals surface area contributed by atoms with E-state index in [1.807, 2.05) is 36.4 Å². The van der Waals surface area contributed by atoms with Crippen LogP contribution in [-0.2, 0) is 29.1 Å². The Morgan fingerprint density at radius 3 is 0.846 bits per heavy atom. The molecule has 0 amide bonds. The molecule has 0 aliphatic rings. The van der Waals surface area contributed by atoms with Crippen molar-refractivity contribution in [2.24, 2.45) is 0 Å². The molecule has 4 nitrogen and oxygen atoms in total. The summed E-state index contributed by atoms with van der Waals surface area (Å²) in [5, 5.41) is 16.5. The second-order valence-corrected chi connectivity index (χ2v) is 1.35. The molecule has 0 unspecified atom stereocenters. The summed E-state index contributed by atoms with van der Waals surface area (Å²) in [6, 6.07) is 12.0. The molecule has 0 spiro atoms. The maximum Gasteiger partial charge on any atom is 2.00 e. The van der Waals surface area contributed by atoms with Gasteiger partial charge in [0.25, 0.3) is 0 Å². The van der Waals surface area contributed by atoms with Crippen molar-refractivity contribution in [3.05, 3.63) is 36.4 Å². The van der Waals surface area contributed by atoms with Gasteiger partial charge in [0.2, 0.25) is 0 Å². The Balaban J connectivity index is -0.000000126. The largest absolute Gasteiger partial charge is 2.00 e. The summed E-state index contributed by atoms with van der Waals surface area (Å²) in [4.78, 5) is 16.5. The molecule has 1 aromatic rings. The van der Waals surface area contributed by atoms with Crippen LogP contribution in [0.2, 0.25) is 0 Å². The molecule has 0 bridgehead atoms. The fourth-order valence-electron chi connectivity index (χ4n) is 0.385. The molecule has 1 aromatic carbocycles. The fourth-order valence-corrected chi connectivity index (χ4v) is 0.385. The molecule has 13 heavy (non-hydrogen) atoms. The van der Waals surface area contributed by atoms with Crippen molar-refractivity contribution in [2.75, 3.05) is 0 Å². The Morgan fingerprint density at radius 1 is 0.692 bits per heavy atom. The van der Waals surface area contributed by atoms with E-state index in [1.54, 1.807) is 0 Å². The third-order valence-electron chi connectivity index (χ3n) is 0.667. The zero-order valence-electron chi connectivity index (χ0n) is 6.96. The molecular formula is C8H8O4Zn. The smallest absolute Gasteiger partial charge is 0.554 e. The molecule has 0 aliphatic carbocycles. The Kier molecular flexibility index (Phi) is 30.6. The number of carbonyl (C=O) groups is 2. The van der Waals surface area contributed by atoms with Crippen molar-refractivity contribution in [2.45, 2.75) is 0 Å². The van der Waals surface area contributed by atoms with Crippen molar-refractivity contribution < 1.29 is 39.3 Å². The molecule has 5 heteroatoms. The average Bonchev–Trinajstić information content (AvgIpc) is 2.10. The van der Waals surface area contributed by atoms with Crippen molar-refractivity contribution in [1.29, 1.82) is 0 Å². The monoisotopic (exact) mass is 232 g/mol. The fraction of sp³-hybridized carbons (Fsp3) is 0. The van der Waals surface area contributed by atoms with Gasteiger partial charge >= 0.3 is 19.5 Å². The van der Waals surface area contributed by atoms with E-state index in [1.165, 1.54) is 0 Å². The minimum atomic E-state index is -0.500. The van der Waals surface area contributed by atoms with Crippen LogP contribution in [0.25, 0.3) is 0 Å². The number of hydrogen-bond acceptors (Lipinski definition) is 4. The van der Waals surface area contributed by atoms with E-state index in [0.29, 0.717) is 0 Å². The van der Waals surface area contributed by atoms with Crippen LogP contribution in [0, 0.1) is 0 Å². The van der Waals surface area contributed by atoms with Crippen LogP contribution >= 0.6 is 0 Å². The van der Waals surface area contributed by atoms with Crippen LogP contribution in [0.5, 0.6) is 0 Å². The summed E-state index contributed by atoms with van der Waals surface area (Å²) in [6.07, 6.45) is 0. The first kappa shape index (κ1) is 17.8. The molecular weight excluding hydrogens is 225 g/mol. The van der Waals surface area contributed by atoms with Crippen LogP contribution in [0.15, 0.2) is 36.4 Å². The standard InChI is InChI=1S/C6H6.2CH2O2.Zn/c1-2-4-6-5-3-1;2*2-1-3;/h1-6H;2*1H,(H,2,3);/q;;;+2/p-2. The van der Waals surface area contributed by atoms with Gasteiger partial charge in [-0.1, -0.05) is 36.4 Å². The second kappa shape index (κ2) is 22.4. The van der Waals surface area contributed by atoms with E-state index in [2.05, 4.69) is 0 Å². The molecule has 1 rings (SSSR count). The van der Waals surface area contributed by atoms with Crippen LogP contribution in [0.4, 0.5) is 0 Å². The van der Waals surface area contributed by atoms with Gasteiger partial charge < -0.3 is 19.8 Å². The van der Waals surface area contributed by atoms with Crippen LogP contribution in [0.3, 0.4) is 0 Å². The van der Waals surface area contributed by atoms with Crippen molar-refractivity contribution in [3.8, 4) is 0 Å². The first-order chi connectivity index (χ1) is 5.83. The summed E-state index contributed by atoms with van der Waals surface area (Å²) in [5.74, 6) is 0. The quantitative estimate of drug-likeness (QED) is 0.400. The Morgan fingerprint density at radius 2 is 0.769 bits per heavy atom. The van der Waals surface area contributed by atoms with E-state index in [9.17, 15) is 0 Å². The van der Waals surface area contributed by atoms with Gasteiger partial charge in [0.15, 0.2) is 0 Å².